The zero-order valence-electron chi connectivity index (χ0n) is 11.6. The van der Waals surface area contributed by atoms with Crippen LogP contribution in [0, 0.1) is 6.92 Å². The first-order valence-corrected chi connectivity index (χ1v) is 7.56. The van der Waals surface area contributed by atoms with E-state index >= 15 is 0 Å². The van der Waals surface area contributed by atoms with Crippen LogP contribution >= 0.6 is 11.3 Å². The minimum absolute atomic E-state index is 0.0395. The van der Waals surface area contributed by atoms with Gasteiger partial charge in [-0.05, 0) is 31.5 Å². The second-order valence-corrected chi connectivity index (χ2v) is 5.53. The van der Waals surface area contributed by atoms with Crippen molar-refractivity contribution in [2.75, 3.05) is 13.1 Å². The molecule has 106 valence electrons. The van der Waals surface area contributed by atoms with Gasteiger partial charge >= 0.3 is 0 Å². The molecular weight excluding hydrogens is 270 g/mol. The van der Waals surface area contributed by atoms with E-state index < -0.39 is 0 Å². The van der Waals surface area contributed by atoms with Gasteiger partial charge in [0.2, 0.25) is 0 Å². The first-order valence-electron chi connectivity index (χ1n) is 6.68. The number of carbonyl (C=O) groups is 1. The third-order valence-electron chi connectivity index (χ3n) is 2.97. The maximum atomic E-state index is 12.2. The average Bonchev–Trinajstić information content (AvgIpc) is 2.85. The molecule has 2 rings (SSSR count). The van der Waals surface area contributed by atoms with Gasteiger partial charge in [0.25, 0.3) is 5.91 Å². The topological polar surface area (TPSA) is 68.0 Å². The van der Waals surface area contributed by atoms with E-state index in [0.717, 1.165) is 29.1 Å². The van der Waals surface area contributed by atoms with Crippen molar-refractivity contribution >= 4 is 17.2 Å². The van der Waals surface area contributed by atoms with E-state index in [9.17, 15) is 4.79 Å². The molecule has 0 spiro atoms. The number of thiazole rings is 1. The van der Waals surface area contributed by atoms with Crippen LogP contribution in [-0.2, 0) is 12.8 Å². The van der Waals surface area contributed by atoms with E-state index in [1.165, 1.54) is 0 Å². The smallest absolute Gasteiger partial charge is 0.251 e. The number of nitrogens with two attached hydrogens (primary N) is 1. The van der Waals surface area contributed by atoms with E-state index in [1.54, 1.807) is 11.3 Å². The molecular formula is C15H19N3OS. The number of hydrogen-bond acceptors (Lipinski definition) is 4. The molecule has 0 fully saturated rings. The maximum Gasteiger partial charge on any atom is 0.251 e. The number of hydrogen-bond donors (Lipinski definition) is 2. The Morgan fingerprint density at radius 3 is 2.85 bits per heavy atom. The molecule has 20 heavy (non-hydrogen) atoms. The molecule has 1 heterocycles. The van der Waals surface area contributed by atoms with Crippen LogP contribution in [0.15, 0.2) is 29.6 Å². The summed E-state index contributed by atoms with van der Waals surface area (Å²) in [6.07, 6.45) is 1.48. The minimum atomic E-state index is -0.0395. The number of nitrogens with one attached hydrogen (secondary N) is 1. The van der Waals surface area contributed by atoms with Crippen LogP contribution in [0.4, 0.5) is 0 Å². The fourth-order valence-corrected chi connectivity index (χ4v) is 2.79. The highest BCUT2D eigenvalue weighted by Crippen LogP contribution is 2.10. The zero-order valence-corrected chi connectivity index (χ0v) is 12.4. The Kier molecular flexibility index (Phi) is 5.26. The Labute approximate surface area is 123 Å². The Hall–Kier alpha value is -1.72. The van der Waals surface area contributed by atoms with Gasteiger partial charge in [-0.2, -0.15) is 0 Å². The second kappa shape index (κ2) is 7.17. The van der Waals surface area contributed by atoms with Crippen molar-refractivity contribution in [1.29, 1.82) is 0 Å². The van der Waals surface area contributed by atoms with Crippen molar-refractivity contribution in [1.82, 2.24) is 10.3 Å². The van der Waals surface area contributed by atoms with Crippen LogP contribution in [0.1, 0.15) is 26.6 Å². The Morgan fingerprint density at radius 2 is 2.15 bits per heavy atom. The first-order chi connectivity index (χ1) is 9.70. The van der Waals surface area contributed by atoms with Crippen LogP contribution < -0.4 is 11.1 Å². The molecule has 1 aromatic carbocycles. The van der Waals surface area contributed by atoms with Gasteiger partial charge in [0.05, 0.1) is 5.01 Å². The predicted molar refractivity (Wildman–Crippen MR) is 82.1 cm³/mol. The molecule has 3 N–H and O–H groups in total. The number of aryl methyl sites for hydroxylation is 1. The largest absolute Gasteiger partial charge is 0.352 e. The van der Waals surface area contributed by atoms with E-state index in [-0.39, 0.29) is 5.91 Å². The molecule has 0 saturated carbocycles. The fraction of sp³-hybridized carbons (Fsp3) is 0.333. The monoisotopic (exact) mass is 289 g/mol. The third kappa shape index (κ3) is 3.88. The molecule has 4 nitrogen and oxygen atoms in total. The van der Waals surface area contributed by atoms with Crippen LogP contribution in [0.5, 0.6) is 0 Å². The maximum absolute atomic E-state index is 12.2. The molecule has 0 radical (unpaired) electrons. The van der Waals surface area contributed by atoms with Gasteiger partial charge in [-0.1, -0.05) is 18.2 Å². The van der Waals surface area contributed by atoms with E-state index in [2.05, 4.69) is 10.3 Å². The third-order valence-corrected chi connectivity index (χ3v) is 3.99. The molecule has 0 bridgehead atoms. The summed E-state index contributed by atoms with van der Waals surface area (Å²) >= 11 is 1.63. The molecule has 0 aliphatic carbocycles. The standard InChI is InChI=1S/C15H19N3OS/c1-11-10-20-14(18-11)7-9-17-15(19)13-5-3-2-4-12(13)6-8-16/h2-5,10H,6-9,16H2,1H3,(H,17,19). The lowest BCUT2D eigenvalue weighted by Gasteiger charge is -2.08. The second-order valence-electron chi connectivity index (χ2n) is 4.58. The highest BCUT2D eigenvalue weighted by atomic mass is 32.1. The summed E-state index contributed by atoms with van der Waals surface area (Å²) in [4.78, 5) is 16.5. The number of nitrogens with zero attached hydrogens (tertiary/aromatic N) is 1. The highest BCUT2D eigenvalue weighted by Gasteiger charge is 2.10. The van der Waals surface area contributed by atoms with E-state index in [1.807, 2.05) is 36.6 Å². The molecule has 1 amide bonds. The van der Waals surface area contributed by atoms with Crippen LogP contribution in [0.3, 0.4) is 0 Å². The number of rotatable bonds is 6. The molecule has 0 saturated heterocycles. The van der Waals surface area contributed by atoms with E-state index in [0.29, 0.717) is 18.7 Å². The normalized spacial score (nSPS) is 10.5. The van der Waals surface area contributed by atoms with Crippen molar-refractivity contribution in [2.45, 2.75) is 19.8 Å². The minimum Gasteiger partial charge on any atom is -0.352 e. The Bertz CT molecular complexity index is 580. The lowest BCUT2D eigenvalue weighted by molar-refractivity contribution is 0.0953. The molecule has 0 atom stereocenters. The van der Waals surface area contributed by atoms with Gasteiger partial charge in [0, 0.05) is 29.6 Å². The van der Waals surface area contributed by atoms with Crippen molar-refractivity contribution in [3.05, 3.63) is 51.5 Å². The van der Waals surface area contributed by atoms with Gasteiger partial charge in [-0.15, -0.1) is 11.3 Å². The summed E-state index contributed by atoms with van der Waals surface area (Å²) in [7, 11) is 0. The van der Waals surface area contributed by atoms with Crippen molar-refractivity contribution in [3.8, 4) is 0 Å². The van der Waals surface area contributed by atoms with Crippen molar-refractivity contribution < 1.29 is 4.79 Å². The fourth-order valence-electron chi connectivity index (χ4n) is 2.01. The molecule has 1 aromatic heterocycles. The Balaban J connectivity index is 1.91. The number of benzene rings is 1. The Morgan fingerprint density at radius 1 is 1.35 bits per heavy atom. The summed E-state index contributed by atoms with van der Waals surface area (Å²) in [6.45, 7) is 3.12. The lowest BCUT2D eigenvalue weighted by Crippen LogP contribution is -2.27. The van der Waals surface area contributed by atoms with Gasteiger partial charge in [0.15, 0.2) is 0 Å². The number of amides is 1. The first kappa shape index (κ1) is 14.7. The van der Waals surface area contributed by atoms with Gasteiger partial charge < -0.3 is 11.1 Å². The van der Waals surface area contributed by atoms with Crippen LogP contribution in [0.2, 0.25) is 0 Å². The lowest BCUT2D eigenvalue weighted by atomic mass is 10.0. The zero-order chi connectivity index (χ0) is 14.4. The van der Waals surface area contributed by atoms with Crippen LogP contribution in [0.25, 0.3) is 0 Å². The summed E-state index contributed by atoms with van der Waals surface area (Å²) in [6, 6.07) is 7.60. The number of aromatic nitrogens is 1. The number of carbonyl (C=O) groups excluding carboxylic acids is 1. The average molecular weight is 289 g/mol. The van der Waals surface area contributed by atoms with Gasteiger partial charge in [-0.25, -0.2) is 4.98 Å². The van der Waals surface area contributed by atoms with Crippen molar-refractivity contribution in [3.63, 3.8) is 0 Å². The van der Waals surface area contributed by atoms with Crippen LogP contribution in [-0.4, -0.2) is 24.0 Å². The van der Waals surface area contributed by atoms with Gasteiger partial charge in [-0.3, -0.25) is 4.79 Å². The van der Waals surface area contributed by atoms with Crippen molar-refractivity contribution in [2.24, 2.45) is 5.73 Å². The predicted octanol–water partition coefficient (Wildman–Crippen LogP) is 1.93. The molecule has 5 heteroatoms. The quantitative estimate of drug-likeness (QED) is 0.854. The highest BCUT2D eigenvalue weighted by molar-refractivity contribution is 7.09. The summed E-state index contributed by atoms with van der Waals surface area (Å²) in [5.74, 6) is -0.0395. The molecule has 2 aromatic rings. The summed E-state index contributed by atoms with van der Waals surface area (Å²) in [5, 5.41) is 6.02. The SMILES string of the molecule is Cc1csc(CCNC(=O)c2ccccc2CCN)n1. The summed E-state index contributed by atoms with van der Waals surface area (Å²) < 4.78 is 0. The summed E-state index contributed by atoms with van der Waals surface area (Å²) in [5.41, 5.74) is 8.32. The molecule has 0 aliphatic heterocycles. The molecule has 0 aliphatic rings. The van der Waals surface area contributed by atoms with Gasteiger partial charge in [0.1, 0.15) is 0 Å². The van der Waals surface area contributed by atoms with E-state index in [4.69, 9.17) is 5.73 Å². The molecule has 0 unspecified atom stereocenters.